The van der Waals surface area contributed by atoms with Crippen LogP contribution in [0.25, 0.3) is 0 Å². The number of hydrogen-bond donors (Lipinski definition) is 1. The largest absolute Gasteiger partial charge is 0.452 e. The monoisotopic (exact) mass is 494 g/mol. The number of carbonyl (C=O) groups is 2. The number of anilines is 1. The van der Waals surface area contributed by atoms with Crippen LogP contribution in [0.3, 0.4) is 0 Å². The minimum absolute atomic E-state index is 0.00510. The highest BCUT2D eigenvalue weighted by Crippen LogP contribution is 2.24. The molecule has 0 saturated heterocycles. The van der Waals surface area contributed by atoms with Crippen LogP contribution < -0.4 is 5.32 Å². The third-order valence-corrected chi connectivity index (χ3v) is 6.82. The molecule has 0 atom stereocenters. The Hall–Kier alpha value is -3.53. The third kappa shape index (κ3) is 6.04. The lowest BCUT2D eigenvalue weighted by atomic mass is 10.1. The van der Waals surface area contributed by atoms with Gasteiger partial charge in [0.15, 0.2) is 6.61 Å². The normalized spacial score (nSPS) is 11.0. The van der Waals surface area contributed by atoms with Crippen molar-refractivity contribution in [1.29, 1.82) is 5.26 Å². The summed E-state index contributed by atoms with van der Waals surface area (Å²) in [6.07, 6.45) is 0. The Labute approximate surface area is 194 Å². The fourth-order valence-corrected chi connectivity index (χ4v) is 4.46. The lowest BCUT2D eigenvalue weighted by molar-refractivity contribution is -0.384. The number of benzene rings is 2. The average molecular weight is 495 g/mol. The third-order valence-electron chi connectivity index (χ3n) is 4.44. The number of ether oxygens (including phenoxy) is 1. The Morgan fingerprint density at radius 2 is 1.88 bits per heavy atom. The maximum absolute atomic E-state index is 12.7. The zero-order valence-electron chi connectivity index (χ0n) is 17.6. The summed E-state index contributed by atoms with van der Waals surface area (Å²) < 4.78 is 31.5. The molecule has 2 aromatic rings. The second kappa shape index (κ2) is 10.9. The summed E-state index contributed by atoms with van der Waals surface area (Å²) in [7, 11) is -3.85. The van der Waals surface area contributed by atoms with Gasteiger partial charge in [0.25, 0.3) is 11.6 Å². The van der Waals surface area contributed by atoms with Crippen molar-refractivity contribution in [1.82, 2.24) is 4.31 Å². The Morgan fingerprint density at radius 1 is 1.21 bits per heavy atom. The molecule has 0 aliphatic carbocycles. The summed E-state index contributed by atoms with van der Waals surface area (Å²) in [6, 6.07) is 8.57. The summed E-state index contributed by atoms with van der Waals surface area (Å²) in [5.74, 6) is -1.85. The van der Waals surface area contributed by atoms with E-state index < -0.39 is 33.4 Å². The molecule has 0 radical (unpaired) electrons. The first-order valence-electron chi connectivity index (χ1n) is 9.50. The Kier molecular flexibility index (Phi) is 8.47. The van der Waals surface area contributed by atoms with E-state index in [0.717, 1.165) is 18.2 Å². The number of carbonyl (C=O) groups excluding carboxylic acids is 2. The first kappa shape index (κ1) is 25.7. The van der Waals surface area contributed by atoms with Crippen molar-refractivity contribution in [2.24, 2.45) is 0 Å². The van der Waals surface area contributed by atoms with Crippen molar-refractivity contribution in [3.63, 3.8) is 0 Å². The number of rotatable bonds is 9. The van der Waals surface area contributed by atoms with Crippen molar-refractivity contribution in [2.45, 2.75) is 18.7 Å². The summed E-state index contributed by atoms with van der Waals surface area (Å²) in [4.78, 5) is 34.5. The molecule has 0 saturated carbocycles. The van der Waals surface area contributed by atoms with Crippen molar-refractivity contribution < 1.29 is 27.7 Å². The quantitative estimate of drug-likeness (QED) is 0.316. The smallest absolute Gasteiger partial charge is 0.340 e. The number of nitro benzene ring substituents is 1. The van der Waals surface area contributed by atoms with E-state index in [1.807, 2.05) is 0 Å². The van der Waals surface area contributed by atoms with Gasteiger partial charge in [-0.1, -0.05) is 25.4 Å². The molecule has 2 rings (SSSR count). The average Bonchev–Trinajstić information content (AvgIpc) is 2.78. The first-order valence-corrected chi connectivity index (χ1v) is 11.3. The molecular weight excluding hydrogens is 476 g/mol. The fourth-order valence-electron chi connectivity index (χ4n) is 2.78. The molecule has 11 nitrogen and oxygen atoms in total. The molecule has 2 aromatic carbocycles. The van der Waals surface area contributed by atoms with Crippen LogP contribution in [0.4, 0.5) is 11.4 Å². The molecule has 0 spiro atoms. The van der Waals surface area contributed by atoms with Crippen LogP contribution in [0, 0.1) is 21.4 Å². The van der Waals surface area contributed by atoms with Gasteiger partial charge in [0.05, 0.1) is 31.7 Å². The molecule has 33 heavy (non-hydrogen) atoms. The predicted octanol–water partition coefficient (Wildman–Crippen LogP) is 2.95. The highest BCUT2D eigenvalue weighted by molar-refractivity contribution is 7.89. The number of non-ortho nitro benzene ring substituents is 1. The van der Waals surface area contributed by atoms with E-state index in [-0.39, 0.29) is 45.5 Å². The van der Waals surface area contributed by atoms with Gasteiger partial charge in [0.2, 0.25) is 10.0 Å². The zero-order valence-corrected chi connectivity index (χ0v) is 19.1. The van der Waals surface area contributed by atoms with E-state index in [2.05, 4.69) is 5.32 Å². The topological polar surface area (TPSA) is 160 Å². The van der Waals surface area contributed by atoms with Gasteiger partial charge in [-0.25, -0.2) is 13.2 Å². The number of hydrogen-bond acceptors (Lipinski definition) is 8. The van der Waals surface area contributed by atoms with Gasteiger partial charge in [-0.15, -0.1) is 0 Å². The fraction of sp³-hybridized carbons (Fsp3) is 0.250. The Bertz CT molecular complexity index is 1240. The molecule has 0 unspecified atom stereocenters. The summed E-state index contributed by atoms with van der Waals surface area (Å²) in [5.41, 5.74) is -0.730. The van der Waals surface area contributed by atoms with Gasteiger partial charge in [-0.05, 0) is 24.3 Å². The highest BCUT2D eigenvalue weighted by atomic mass is 35.5. The second-order valence-electron chi connectivity index (χ2n) is 6.45. The Balaban J connectivity index is 2.14. The van der Waals surface area contributed by atoms with E-state index in [1.165, 1.54) is 22.5 Å². The highest BCUT2D eigenvalue weighted by Gasteiger charge is 2.24. The summed E-state index contributed by atoms with van der Waals surface area (Å²) in [6.45, 7) is 3.04. The number of halogens is 1. The number of nitrogens with one attached hydrogen (secondary N) is 1. The minimum Gasteiger partial charge on any atom is -0.452 e. The molecule has 0 aliphatic rings. The molecule has 0 bridgehead atoms. The maximum Gasteiger partial charge on any atom is 0.340 e. The van der Waals surface area contributed by atoms with E-state index >= 15 is 0 Å². The number of esters is 1. The van der Waals surface area contributed by atoms with E-state index in [0.29, 0.717) is 0 Å². The Morgan fingerprint density at radius 3 is 2.45 bits per heavy atom. The van der Waals surface area contributed by atoms with Gasteiger partial charge >= 0.3 is 5.97 Å². The molecule has 0 aromatic heterocycles. The van der Waals surface area contributed by atoms with Gasteiger partial charge in [0, 0.05) is 25.2 Å². The van der Waals surface area contributed by atoms with Gasteiger partial charge in [-0.3, -0.25) is 14.9 Å². The van der Waals surface area contributed by atoms with Gasteiger partial charge in [0.1, 0.15) is 6.07 Å². The van der Waals surface area contributed by atoms with Gasteiger partial charge in [-0.2, -0.15) is 9.57 Å². The van der Waals surface area contributed by atoms with Gasteiger partial charge < -0.3 is 10.1 Å². The lowest BCUT2D eigenvalue weighted by Crippen LogP contribution is -2.30. The number of sulfonamides is 1. The van der Waals surface area contributed by atoms with Crippen LogP contribution in [-0.2, 0) is 19.6 Å². The summed E-state index contributed by atoms with van der Waals surface area (Å²) in [5, 5.41) is 22.2. The standard InChI is InChI=1S/C20H19ClN4O7S/c1-3-24(4-2)33(30,31)15-6-7-17(21)16(10-15)20(27)32-12-19(26)23-18-8-5-14(25(28)29)9-13(18)11-22/h5-10H,3-4,12H2,1-2H3,(H,23,26). The lowest BCUT2D eigenvalue weighted by Gasteiger charge is -2.19. The minimum atomic E-state index is -3.85. The van der Waals surface area contributed by atoms with E-state index in [1.54, 1.807) is 19.9 Å². The summed E-state index contributed by atoms with van der Waals surface area (Å²) >= 11 is 6.01. The molecule has 174 valence electrons. The number of nitrogens with zero attached hydrogens (tertiary/aromatic N) is 3. The molecule has 13 heteroatoms. The molecule has 0 aliphatic heterocycles. The van der Waals surface area contributed by atoms with Crippen LogP contribution in [0.1, 0.15) is 29.8 Å². The van der Waals surface area contributed by atoms with Crippen LogP contribution in [0.5, 0.6) is 0 Å². The SMILES string of the molecule is CCN(CC)S(=O)(=O)c1ccc(Cl)c(C(=O)OCC(=O)Nc2ccc([N+](=O)[O-])cc2C#N)c1. The first-order chi connectivity index (χ1) is 15.5. The molecule has 1 N–H and O–H groups in total. The molecular formula is C20H19ClN4O7S. The van der Waals surface area contributed by atoms with Crippen molar-refractivity contribution in [3.05, 3.63) is 62.7 Å². The van der Waals surface area contributed by atoms with Crippen LogP contribution in [0.2, 0.25) is 5.02 Å². The molecule has 0 fully saturated rings. The second-order valence-corrected chi connectivity index (χ2v) is 8.80. The van der Waals surface area contributed by atoms with Crippen molar-refractivity contribution in [2.75, 3.05) is 25.0 Å². The number of amides is 1. The number of nitriles is 1. The van der Waals surface area contributed by atoms with Crippen molar-refractivity contribution >= 4 is 44.9 Å². The number of nitro groups is 1. The van der Waals surface area contributed by atoms with Crippen LogP contribution in [0.15, 0.2) is 41.3 Å². The predicted molar refractivity (Wildman–Crippen MR) is 118 cm³/mol. The molecule has 1 amide bonds. The van der Waals surface area contributed by atoms with E-state index in [9.17, 15) is 28.1 Å². The zero-order chi connectivity index (χ0) is 24.8. The van der Waals surface area contributed by atoms with Crippen LogP contribution in [-0.4, -0.2) is 49.2 Å². The van der Waals surface area contributed by atoms with Crippen molar-refractivity contribution in [3.8, 4) is 6.07 Å². The molecule has 0 heterocycles. The maximum atomic E-state index is 12.7. The van der Waals surface area contributed by atoms with E-state index in [4.69, 9.17) is 21.6 Å². The van der Waals surface area contributed by atoms with Crippen LogP contribution >= 0.6 is 11.6 Å².